The summed E-state index contributed by atoms with van der Waals surface area (Å²) in [4.78, 5) is 25.0. The van der Waals surface area contributed by atoms with Gasteiger partial charge in [-0.25, -0.2) is 4.79 Å². The van der Waals surface area contributed by atoms with Crippen molar-refractivity contribution in [2.24, 2.45) is 0 Å². The van der Waals surface area contributed by atoms with E-state index >= 15 is 0 Å². The molecule has 0 aliphatic carbocycles. The molecule has 3 N–H and O–H groups in total. The lowest BCUT2D eigenvalue weighted by Gasteiger charge is -2.17. The number of aromatic nitrogens is 2. The van der Waals surface area contributed by atoms with Crippen LogP contribution in [-0.4, -0.2) is 34.0 Å². The van der Waals surface area contributed by atoms with Crippen LogP contribution in [0.1, 0.15) is 11.1 Å². The molecule has 3 rings (SSSR count). The van der Waals surface area contributed by atoms with E-state index in [2.05, 4.69) is 20.8 Å². The van der Waals surface area contributed by atoms with Gasteiger partial charge in [-0.15, -0.1) is 5.10 Å². The van der Waals surface area contributed by atoms with Gasteiger partial charge >= 0.3 is 6.09 Å². The highest BCUT2D eigenvalue weighted by atomic mass is 32.2. The highest BCUT2D eigenvalue weighted by Gasteiger charge is 2.22. The van der Waals surface area contributed by atoms with E-state index in [4.69, 9.17) is 17.0 Å². The Bertz CT molecular complexity index is 1010. The van der Waals surface area contributed by atoms with Crippen LogP contribution in [0.15, 0.2) is 60.7 Å². The van der Waals surface area contributed by atoms with Crippen molar-refractivity contribution in [2.45, 2.75) is 18.4 Å². The Morgan fingerprint density at radius 1 is 1.10 bits per heavy atom. The fraction of sp³-hybridized carbons (Fsp3) is 0.200. The zero-order chi connectivity index (χ0) is 21.2. The molecule has 0 spiro atoms. The number of hydrogen-bond donors (Lipinski definition) is 3. The van der Waals surface area contributed by atoms with Crippen molar-refractivity contribution < 1.29 is 14.3 Å². The number of amides is 2. The van der Waals surface area contributed by atoms with Crippen molar-refractivity contribution in [2.75, 3.05) is 11.1 Å². The predicted octanol–water partition coefficient (Wildman–Crippen LogP) is 4.37. The summed E-state index contributed by atoms with van der Waals surface area (Å²) in [6.07, 6.45) is -0.658. The maximum Gasteiger partial charge on any atom is 0.408 e. The Morgan fingerprint density at radius 3 is 2.40 bits per heavy atom. The lowest BCUT2D eigenvalue weighted by atomic mass is 10.2. The fourth-order valence-electron chi connectivity index (χ4n) is 2.43. The van der Waals surface area contributed by atoms with E-state index in [-0.39, 0.29) is 12.5 Å². The molecule has 0 radical (unpaired) electrons. The number of hydrogen-bond acceptors (Lipinski definition) is 7. The average Bonchev–Trinajstić information content (AvgIpc) is 3.17. The minimum Gasteiger partial charge on any atom is -0.445 e. The molecule has 156 valence electrons. The number of nitrogens with zero attached hydrogens (tertiary/aromatic N) is 1. The first-order chi connectivity index (χ1) is 14.6. The van der Waals surface area contributed by atoms with Gasteiger partial charge in [-0.2, -0.15) is 11.8 Å². The van der Waals surface area contributed by atoms with E-state index in [1.165, 1.54) is 11.8 Å². The zero-order valence-corrected chi connectivity index (χ0v) is 18.3. The molecule has 0 aliphatic heterocycles. The van der Waals surface area contributed by atoms with Crippen molar-refractivity contribution in [1.82, 2.24) is 15.5 Å². The Kier molecular flexibility index (Phi) is 8.42. The molecule has 1 atom stereocenters. The maximum atomic E-state index is 12.7. The minimum atomic E-state index is -0.792. The van der Waals surface area contributed by atoms with E-state index in [9.17, 15) is 9.59 Å². The van der Waals surface area contributed by atoms with Gasteiger partial charge in [0, 0.05) is 11.5 Å². The second-order valence-corrected chi connectivity index (χ2v) is 8.86. The molecular formula is C20H20N4O3S3. The topological polar surface area (TPSA) is 96.1 Å². The first kappa shape index (κ1) is 22.0. The van der Waals surface area contributed by atoms with Gasteiger partial charge in [0.05, 0.1) is 0 Å². The second kappa shape index (κ2) is 11.5. The summed E-state index contributed by atoms with van der Waals surface area (Å²) in [5, 5.41) is 12.2. The molecule has 0 fully saturated rings. The largest absolute Gasteiger partial charge is 0.445 e. The number of rotatable bonds is 9. The van der Waals surface area contributed by atoms with Gasteiger partial charge in [-0.05, 0) is 23.3 Å². The van der Waals surface area contributed by atoms with Crippen molar-refractivity contribution in [1.29, 1.82) is 0 Å². The first-order valence-electron chi connectivity index (χ1n) is 9.05. The van der Waals surface area contributed by atoms with Crippen LogP contribution in [0.25, 0.3) is 0 Å². The average molecular weight is 461 g/mol. The maximum absolute atomic E-state index is 12.7. The molecule has 0 aliphatic rings. The van der Waals surface area contributed by atoms with E-state index in [0.29, 0.717) is 20.6 Å². The summed E-state index contributed by atoms with van der Waals surface area (Å²) in [5.41, 5.74) is 2.00. The molecule has 0 saturated carbocycles. The van der Waals surface area contributed by atoms with Gasteiger partial charge in [0.2, 0.25) is 11.0 Å². The summed E-state index contributed by atoms with van der Waals surface area (Å²) < 4.78 is 5.71. The number of aromatic amines is 1. The molecular weight excluding hydrogens is 440 g/mol. The number of H-pyrrole nitrogens is 1. The third kappa shape index (κ3) is 7.29. The van der Waals surface area contributed by atoms with E-state index in [1.807, 2.05) is 60.7 Å². The predicted molar refractivity (Wildman–Crippen MR) is 122 cm³/mol. The molecule has 10 heteroatoms. The van der Waals surface area contributed by atoms with Crippen LogP contribution >= 0.6 is 35.3 Å². The highest BCUT2D eigenvalue weighted by Crippen LogP contribution is 2.15. The summed E-state index contributed by atoms with van der Waals surface area (Å²) in [5.74, 6) is 0.703. The normalized spacial score (nSPS) is 11.5. The number of nitrogens with one attached hydrogen (secondary N) is 3. The Morgan fingerprint density at radius 2 is 1.77 bits per heavy atom. The number of anilines is 1. The molecule has 0 saturated heterocycles. The van der Waals surface area contributed by atoms with Gasteiger partial charge in [-0.1, -0.05) is 72.0 Å². The van der Waals surface area contributed by atoms with Crippen molar-refractivity contribution in [3.63, 3.8) is 0 Å². The smallest absolute Gasteiger partial charge is 0.408 e. The standard InChI is InChI=1S/C20H20N4O3S3/c25-17(22-18-23-24-20(28)30-18)16(13-29-12-15-9-5-2-6-10-15)21-19(26)27-11-14-7-3-1-4-8-14/h1-10,16H,11-13H2,(H,21,26)(H,24,28)(H,22,23,25). The van der Waals surface area contributed by atoms with Crippen LogP contribution in [0.4, 0.5) is 9.93 Å². The summed E-state index contributed by atoms with van der Waals surface area (Å²) in [7, 11) is 0. The van der Waals surface area contributed by atoms with Crippen LogP contribution in [0.5, 0.6) is 0 Å². The van der Waals surface area contributed by atoms with Crippen molar-refractivity contribution in [3.8, 4) is 0 Å². The number of benzene rings is 2. The number of thioether (sulfide) groups is 1. The number of ether oxygens (including phenoxy) is 1. The molecule has 7 nitrogen and oxygen atoms in total. The summed E-state index contributed by atoms with van der Waals surface area (Å²) in [6.45, 7) is 0.124. The zero-order valence-electron chi connectivity index (χ0n) is 15.9. The number of carbonyl (C=O) groups is 2. The molecule has 1 unspecified atom stereocenters. The number of alkyl carbamates (subject to hydrolysis) is 1. The Labute approximate surface area is 187 Å². The third-order valence-corrected chi connectivity index (χ3v) is 6.00. The minimum absolute atomic E-state index is 0.124. The Hall–Kier alpha value is -2.69. The SMILES string of the molecule is O=C(NC(CSCc1ccccc1)C(=O)Nc1n[nH]c(=S)s1)OCc1ccccc1. The molecule has 2 aromatic carbocycles. The van der Waals surface area contributed by atoms with Gasteiger partial charge in [0.1, 0.15) is 12.6 Å². The quantitative estimate of drug-likeness (QED) is 0.411. The second-order valence-electron chi connectivity index (χ2n) is 6.17. The first-order valence-corrected chi connectivity index (χ1v) is 11.4. The van der Waals surface area contributed by atoms with Gasteiger partial charge in [0.25, 0.3) is 0 Å². The van der Waals surface area contributed by atoms with Crippen LogP contribution in [0, 0.1) is 3.95 Å². The monoisotopic (exact) mass is 460 g/mol. The molecule has 0 bridgehead atoms. The van der Waals surface area contributed by atoms with E-state index in [0.717, 1.165) is 22.5 Å². The lowest BCUT2D eigenvalue weighted by molar-refractivity contribution is -0.117. The molecule has 1 heterocycles. The van der Waals surface area contributed by atoms with Gasteiger partial charge in [-0.3, -0.25) is 15.2 Å². The van der Waals surface area contributed by atoms with Crippen molar-refractivity contribution >= 4 is 52.4 Å². The molecule has 3 aromatic rings. The van der Waals surface area contributed by atoms with Crippen molar-refractivity contribution in [3.05, 3.63) is 75.7 Å². The number of carbonyl (C=O) groups excluding carboxylic acids is 2. The van der Waals surface area contributed by atoms with E-state index < -0.39 is 12.1 Å². The van der Waals surface area contributed by atoms with Crippen LogP contribution in [0.3, 0.4) is 0 Å². The summed E-state index contributed by atoms with van der Waals surface area (Å²) >= 11 is 7.67. The van der Waals surface area contributed by atoms with Crippen LogP contribution in [0.2, 0.25) is 0 Å². The van der Waals surface area contributed by atoms with Crippen LogP contribution < -0.4 is 10.6 Å². The third-order valence-electron chi connectivity index (χ3n) is 3.89. The summed E-state index contributed by atoms with van der Waals surface area (Å²) in [6, 6.07) is 18.5. The lowest BCUT2D eigenvalue weighted by Crippen LogP contribution is -2.45. The van der Waals surface area contributed by atoms with E-state index in [1.54, 1.807) is 0 Å². The fourth-order valence-corrected chi connectivity index (χ4v) is 4.24. The molecule has 1 aromatic heterocycles. The van der Waals surface area contributed by atoms with Crippen LogP contribution in [-0.2, 0) is 21.9 Å². The molecule has 2 amide bonds. The van der Waals surface area contributed by atoms with Gasteiger partial charge < -0.3 is 10.1 Å². The molecule has 30 heavy (non-hydrogen) atoms. The Balaban J connectivity index is 1.57. The van der Waals surface area contributed by atoms with Gasteiger partial charge in [0.15, 0.2) is 3.95 Å². The highest BCUT2D eigenvalue weighted by molar-refractivity contribution is 7.98.